The van der Waals surface area contributed by atoms with Gasteiger partial charge in [0.25, 0.3) is 0 Å². The van der Waals surface area contributed by atoms with Crippen LogP contribution in [-0.4, -0.2) is 50.2 Å². The van der Waals surface area contributed by atoms with Gasteiger partial charge in [0, 0.05) is 12.0 Å². The minimum Gasteiger partial charge on any atom is -0.298 e. The fourth-order valence-corrected chi connectivity index (χ4v) is 4.68. The van der Waals surface area contributed by atoms with Crippen LogP contribution >= 0.6 is 0 Å². The van der Waals surface area contributed by atoms with Gasteiger partial charge in [0.15, 0.2) is 9.84 Å². The highest BCUT2D eigenvalue weighted by Gasteiger charge is 2.32. The van der Waals surface area contributed by atoms with E-state index in [-0.39, 0.29) is 23.5 Å². The molecule has 0 aromatic heterocycles. The number of rotatable bonds is 4. The van der Waals surface area contributed by atoms with Gasteiger partial charge in [-0.15, -0.1) is 0 Å². The number of carbonyl (C=O) groups is 1. The van der Waals surface area contributed by atoms with Crippen LogP contribution in [-0.2, 0) is 14.6 Å². The van der Waals surface area contributed by atoms with Gasteiger partial charge in [-0.2, -0.15) is 0 Å². The van der Waals surface area contributed by atoms with E-state index < -0.39 is 9.84 Å². The van der Waals surface area contributed by atoms with Crippen molar-refractivity contribution in [3.63, 3.8) is 0 Å². The molecule has 1 saturated heterocycles. The minimum atomic E-state index is -2.85. The van der Waals surface area contributed by atoms with Crippen molar-refractivity contribution in [1.82, 2.24) is 4.90 Å². The molecule has 1 aliphatic carbocycles. The van der Waals surface area contributed by atoms with Crippen LogP contribution in [0.3, 0.4) is 0 Å². The lowest BCUT2D eigenvalue weighted by Gasteiger charge is -2.23. The predicted molar refractivity (Wildman–Crippen MR) is 66.7 cm³/mol. The van der Waals surface area contributed by atoms with Crippen LogP contribution in [0.5, 0.6) is 0 Å². The molecule has 0 spiro atoms. The van der Waals surface area contributed by atoms with Crippen LogP contribution in [0.15, 0.2) is 0 Å². The van der Waals surface area contributed by atoms with Crippen LogP contribution in [0.25, 0.3) is 0 Å². The molecule has 4 nitrogen and oxygen atoms in total. The summed E-state index contributed by atoms with van der Waals surface area (Å²) in [5.74, 6) is 1.03. The fraction of sp³-hybridized carbons (Fsp3) is 0.917. The zero-order valence-corrected chi connectivity index (χ0v) is 11.2. The molecule has 2 rings (SSSR count). The van der Waals surface area contributed by atoms with Crippen molar-refractivity contribution < 1.29 is 13.2 Å². The molecule has 1 heterocycles. The molecule has 98 valence electrons. The summed E-state index contributed by atoms with van der Waals surface area (Å²) in [6.45, 7) is 0.421. The maximum absolute atomic E-state index is 12.0. The highest BCUT2D eigenvalue weighted by atomic mass is 32.2. The van der Waals surface area contributed by atoms with Crippen molar-refractivity contribution in [2.24, 2.45) is 5.92 Å². The highest BCUT2D eigenvalue weighted by molar-refractivity contribution is 7.91. The van der Waals surface area contributed by atoms with E-state index in [0.29, 0.717) is 18.7 Å². The third kappa shape index (κ3) is 3.28. The Balaban J connectivity index is 1.84. The summed E-state index contributed by atoms with van der Waals surface area (Å²) >= 11 is 0. The molecule has 1 unspecified atom stereocenters. The van der Waals surface area contributed by atoms with E-state index in [1.807, 2.05) is 11.9 Å². The lowest BCUT2D eigenvalue weighted by molar-refractivity contribution is -0.123. The average Bonchev–Trinajstić information content (AvgIpc) is 2.86. The Bertz CT molecular complexity index is 385. The third-order valence-corrected chi connectivity index (χ3v) is 5.80. The predicted octanol–water partition coefficient (Wildman–Crippen LogP) is 0.865. The summed E-state index contributed by atoms with van der Waals surface area (Å²) in [7, 11) is -0.975. The number of carbonyl (C=O) groups excluding carboxylic acids is 1. The van der Waals surface area contributed by atoms with Crippen LogP contribution < -0.4 is 0 Å². The first-order valence-electron chi connectivity index (χ1n) is 6.41. The van der Waals surface area contributed by atoms with Gasteiger partial charge in [0.05, 0.1) is 18.1 Å². The van der Waals surface area contributed by atoms with Gasteiger partial charge in [0.2, 0.25) is 0 Å². The molecule has 0 aromatic rings. The fourth-order valence-electron chi connectivity index (χ4n) is 2.87. The molecule has 0 aromatic carbocycles. The maximum atomic E-state index is 12.0. The highest BCUT2D eigenvalue weighted by Crippen LogP contribution is 2.26. The molecule has 17 heavy (non-hydrogen) atoms. The summed E-state index contributed by atoms with van der Waals surface area (Å²) in [4.78, 5) is 13.9. The first-order valence-corrected chi connectivity index (χ1v) is 8.23. The molecule has 0 amide bonds. The Morgan fingerprint density at radius 3 is 2.41 bits per heavy atom. The second-order valence-electron chi connectivity index (χ2n) is 5.42. The van der Waals surface area contributed by atoms with Crippen LogP contribution in [0.2, 0.25) is 0 Å². The zero-order valence-electron chi connectivity index (χ0n) is 10.4. The summed E-state index contributed by atoms with van der Waals surface area (Å²) in [6, 6.07) is 0.0466. The molecular weight excluding hydrogens is 238 g/mol. The Hall–Kier alpha value is -0.420. The third-order valence-electron chi connectivity index (χ3n) is 4.05. The topological polar surface area (TPSA) is 54.5 Å². The number of hydrogen-bond donors (Lipinski definition) is 0. The molecule has 5 heteroatoms. The van der Waals surface area contributed by atoms with Crippen molar-refractivity contribution >= 4 is 15.6 Å². The molecule has 2 fully saturated rings. The van der Waals surface area contributed by atoms with Gasteiger partial charge >= 0.3 is 0 Å². The molecule has 2 aliphatic rings. The van der Waals surface area contributed by atoms with Crippen LogP contribution in [0, 0.1) is 5.92 Å². The van der Waals surface area contributed by atoms with E-state index in [1.54, 1.807) is 0 Å². The Morgan fingerprint density at radius 1 is 1.24 bits per heavy atom. The van der Waals surface area contributed by atoms with E-state index in [9.17, 15) is 13.2 Å². The van der Waals surface area contributed by atoms with Crippen molar-refractivity contribution in [3.8, 4) is 0 Å². The lowest BCUT2D eigenvalue weighted by atomic mass is 10.0. The monoisotopic (exact) mass is 259 g/mol. The second kappa shape index (κ2) is 5.06. The zero-order chi connectivity index (χ0) is 12.5. The SMILES string of the molecule is CN(CC(=O)C1CCCC1)C1CCS(=O)(=O)C1. The summed E-state index contributed by atoms with van der Waals surface area (Å²) in [6.07, 6.45) is 5.05. The normalized spacial score (nSPS) is 28.9. The van der Waals surface area contributed by atoms with E-state index in [0.717, 1.165) is 25.7 Å². The number of Topliss-reactive ketones (excluding diaryl/α,β-unsaturated/α-hetero) is 1. The smallest absolute Gasteiger partial charge is 0.151 e. The molecule has 0 radical (unpaired) electrons. The minimum absolute atomic E-state index is 0.0466. The molecule has 0 N–H and O–H groups in total. The maximum Gasteiger partial charge on any atom is 0.151 e. The van der Waals surface area contributed by atoms with Crippen LogP contribution in [0.4, 0.5) is 0 Å². The van der Waals surface area contributed by atoms with Gasteiger partial charge in [-0.25, -0.2) is 8.42 Å². The number of hydrogen-bond acceptors (Lipinski definition) is 4. The molecule has 1 atom stereocenters. The van der Waals surface area contributed by atoms with E-state index >= 15 is 0 Å². The number of sulfone groups is 1. The van der Waals surface area contributed by atoms with E-state index in [4.69, 9.17) is 0 Å². The summed E-state index contributed by atoms with van der Waals surface area (Å²) < 4.78 is 22.8. The first-order chi connectivity index (χ1) is 7.98. The number of likely N-dealkylation sites (N-methyl/N-ethyl adjacent to an activating group) is 1. The Morgan fingerprint density at radius 2 is 1.88 bits per heavy atom. The standard InChI is InChI=1S/C12H21NO3S/c1-13(11-6-7-17(15,16)9-11)8-12(14)10-4-2-3-5-10/h10-11H,2-9H2,1H3. The van der Waals surface area contributed by atoms with Gasteiger partial charge in [-0.05, 0) is 26.3 Å². The van der Waals surface area contributed by atoms with E-state index in [1.165, 1.54) is 0 Å². The van der Waals surface area contributed by atoms with Gasteiger partial charge in [-0.3, -0.25) is 9.69 Å². The van der Waals surface area contributed by atoms with Crippen LogP contribution in [0.1, 0.15) is 32.1 Å². The number of ketones is 1. The van der Waals surface area contributed by atoms with Gasteiger partial charge in [-0.1, -0.05) is 12.8 Å². The lowest BCUT2D eigenvalue weighted by Crippen LogP contribution is -2.38. The van der Waals surface area contributed by atoms with Gasteiger partial charge < -0.3 is 0 Å². The van der Waals surface area contributed by atoms with Crippen molar-refractivity contribution in [2.45, 2.75) is 38.1 Å². The Labute approximate surface area is 103 Å². The van der Waals surface area contributed by atoms with Crippen molar-refractivity contribution in [3.05, 3.63) is 0 Å². The average molecular weight is 259 g/mol. The van der Waals surface area contributed by atoms with Crippen molar-refractivity contribution in [1.29, 1.82) is 0 Å². The van der Waals surface area contributed by atoms with E-state index in [2.05, 4.69) is 0 Å². The molecular formula is C12H21NO3S. The molecule has 1 saturated carbocycles. The number of nitrogens with zero attached hydrogens (tertiary/aromatic N) is 1. The summed E-state index contributed by atoms with van der Waals surface area (Å²) in [5, 5.41) is 0. The Kier molecular flexibility index (Phi) is 3.88. The van der Waals surface area contributed by atoms with Crippen molar-refractivity contribution in [2.75, 3.05) is 25.1 Å². The second-order valence-corrected chi connectivity index (χ2v) is 7.65. The largest absolute Gasteiger partial charge is 0.298 e. The molecule has 1 aliphatic heterocycles. The van der Waals surface area contributed by atoms with Gasteiger partial charge in [0.1, 0.15) is 5.78 Å². The quantitative estimate of drug-likeness (QED) is 0.751. The molecule has 0 bridgehead atoms. The summed E-state index contributed by atoms with van der Waals surface area (Å²) in [5.41, 5.74) is 0. The first kappa shape index (κ1) is 13.0.